The molecule has 1 N–H and O–H groups in total. The maximum absolute atomic E-state index is 13.7. The molecule has 144 valence electrons. The highest BCUT2D eigenvalue weighted by atomic mass is 32.1. The smallest absolute Gasteiger partial charge is 0.295 e. The topological polar surface area (TPSA) is 76.9 Å². The van der Waals surface area contributed by atoms with Crippen molar-refractivity contribution in [2.45, 2.75) is 6.92 Å². The van der Waals surface area contributed by atoms with Gasteiger partial charge in [0.25, 0.3) is 5.91 Å². The first-order valence-corrected chi connectivity index (χ1v) is 9.58. The number of halogens is 1. The second-order valence-corrected chi connectivity index (χ2v) is 7.17. The molecule has 0 saturated carbocycles. The molecular formula is C21H15FN4O2S. The summed E-state index contributed by atoms with van der Waals surface area (Å²) in [6, 6.07) is 16.2. The summed E-state index contributed by atoms with van der Waals surface area (Å²) in [5, 5.41) is 8.88. The molecule has 0 aliphatic heterocycles. The number of thiophene rings is 1. The first-order chi connectivity index (χ1) is 14.0. The van der Waals surface area contributed by atoms with Gasteiger partial charge in [0.05, 0.1) is 10.6 Å². The van der Waals surface area contributed by atoms with Crippen molar-refractivity contribution in [3.8, 4) is 16.4 Å². The predicted molar refractivity (Wildman–Crippen MR) is 109 cm³/mol. The van der Waals surface area contributed by atoms with E-state index in [1.807, 2.05) is 17.5 Å². The van der Waals surface area contributed by atoms with Crippen LogP contribution in [0.2, 0.25) is 0 Å². The van der Waals surface area contributed by atoms with Gasteiger partial charge in [-0.3, -0.25) is 9.59 Å². The lowest BCUT2D eigenvalue weighted by Crippen LogP contribution is -2.14. The van der Waals surface area contributed by atoms with Crippen LogP contribution < -0.4 is 5.32 Å². The lowest BCUT2D eigenvalue weighted by Gasteiger charge is -2.04. The molecule has 0 saturated heterocycles. The highest BCUT2D eigenvalue weighted by Gasteiger charge is 2.20. The summed E-state index contributed by atoms with van der Waals surface area (Å²) < 4.78 is 15.2. The summed E-state index contributed by atoms with van der Waals surface area (Å²) >= 11 is 1.44. The Morgan fingerprint density at radius 3 is 2.62 bits per heavy atom. The quantitative estimate of drug-likeness (QED) is 0.492. The van der Waals surface area contributed by atoms with Crippen LogP contribution in [-0.4, -0.2) is 26.5 Å². The summed E-state index contributed by atoms with van der Waals surface area (Å²) in [7, 11) is 0. The maximum atomic E-state index is 13.7. The number of carbonyl (C=O) groups is 2. The number of nitrogens with one attached hydrogen (secondary N) is 1. The number of hydrogen-bond acceptors (Lipinski definition) is 5. The summed E-state index contributed by atoms with van der Waals surface area (Å²) in [4.78, 5) is 29.4. The summed E-state index contributed by atoms with van der Waals surface area (Å²) in [6.45, 7) is 1.45. The first-order valence-electron chi connectivity index (χ1n) is 8.70. The van der Waals surface area contributed by atoms with Crippen molar-refractivity contribution >= 4 is 28.7 Å². The van der Waals surface area contributed by atoms with Gasteiger partial charge in [0.15, 0.2) is 11.6 Å². The average molecular weight is 406 g/mol. The Balaban J connectivity index is 1.71. The van der Waals surface area contributed by atoms with Gasteiger partial charge in [-0.15, -0.1) is 16.4 Å². The second-order valence-electron chi connectivity index (χ2n) is 6.22. The van der Waals surface area contributed by atoms with Crippen molar-refractivity contribution in [1.82, 2.24) is 14.8 Å². The Hall–Kier alpha value is -3.65. The van der Waals surface area contributed by atoms with E-state index in [0.29, 0.717) is 22.8 Å². The number of ketones is 1. The SMILES string of the molecule is CC(=O)c1cccc(NC(=O)c2nc(-c3cccs3)n(-c3cccc(F)c3)n2)c1. The lowest BCUT2D eigenvalue weighted by atomic mass is 10.1. The van der Waals surface area contributed by atoms with E-state index < -0.39 is 11.7 Å². The van der Waals surface area contributed by atoms with Gasteiger partial charge in [0.1, 0.15) is 5.82 Å². The van der Waals surface area contributed by atoms with E-state index in [1.165, 1.54) is 35.1 Å². The van der Waals surface area contributed by atoms with Gasteiger partial charge in [-0.05, 0) is 48.7 Å². The number of hydrogen-bond donors (Lipinski definition) is 1. The molecule has 6 nitrogen and oxygen atoms in total. The Labute approximate surface area is 169 Å². The zero-order valence-corrected chi connectivity index (χ0v) is 16.1. The summed E-state index contributed by atoms with van der Waals surface area (Å²) in [5.74, 6) is -0.672. The van der Waals surface area contributed by atoms with Gasteiger partial charge in [-0.1, -0.05) is 24.3 Å². The third kappa shape index (κ3) is 3.97. The maximum Gasteiger partial charge on any atom is 0.295 e. The van der Waals surface area contributed by atoms with Crippen LogP contribution in [0.1, 0.15) is 27.9 Å². The predicted octanol–water partition coefficient (Wildman–Crippen LogP) is 4.59. The van der Waals surface area contributed by atoms with Crippen molar-refractivity contribution in [3.05, 3.63) is 83.2 Å². The van der Waals surface area contributed by atoms with Crippen LogP contribution >= 0.6 is 11.3 Å². The van der Waals surface area contributed by atoms with Gasteiger partial charge in [-0.2, -0.15) is 0 Å². The Bertz CT molecular complexity index is 1200. The fraction of sp³-hybridized carbons (Fsp3) is 0.0476. The van der Waals surface area contributed by atoms with Crippen LogP contribution in [0.3, 0.4) is 0 Å². The second kappa shape index (κ2) is 7.76. The van der Waals surface area contributed by atoms with Crippen LogP contribution in [0.25, 0.3) is 16.4 Å². The van der Waals surface area contributed by atoms with E-state index in [1.54, 1.807) is 36.4 Å². The molecule has 2 heterocycles. The largest absolute Gasteiger partial charge is 0.319 e. The van der Waals surface area contributed by atoms with Crippen molar-refractivity contribution in [2.75, 3.05) is 5.32 Å². The number of amides is 1. The molecular weight excluding hydrogens is 391 g/mol. The molecule has 0 aliphatic rings. The molecule has 0 unspecified atom stereocenters. The number of benzene rings is 2. The lowest BCUT2D eigenvalue weighted by molar-refractivity contribution is 0.100. The molecule has 2 aromatic heterocycles. The van der Waals surface area contributed by atoms with Crippen molar-refractivity contribution in [1.29, 1.82) is 0 Å². The van der Waals surface area contributed by atoms with Crippen molar-refractivity contribution in [3.63, 3.8) is 0 Å². The molecule has 0 radical (unpaired) electrons. The van der Waals surface area contributed by atoms with Gasteiger partial charge < -0.3 is 5.32 Å². The third-order valence-corrected chi connectivity index (χ3v) is 5.00. The monoisotopic (exact) mass is 406 g/mol. The van der Waals surface area contributed by atoms with E-state index in [9.17, 15) is 14.0 Å². The molecule has 0 aliphatic carbocycles. The number of nitrogens with zero attached hydrogens (tertiary/aromatic N) is 3. The van der Waals surface area contributed by atoms with Crippen LogP contribution in [-0.2, 0) is 0 Å². The third-order valence-electron chi connectivity index (χ3n) is 4.13. The molecule has 4 aromatic rings. The molecule has 4 rings (SSSR count). The molecule has 0 bridgehead atoms. The molecule has 0 spiro atoms. The molecule has 0 fully saturated rings. The minimum Gasteiger partial charge on any atom is -0.319 e. The first kappa shape index (κ1) is 18.7. The van der Waals surface area contributed by atoms with Crippen molar-refractivity contribution in [2.24, 2.45) is 0 Å². The zero-order chi connectivity index (χ0) is 20.4. The molecule has 29 heavy (non-hydrogen) atoms. The molecule has 0 atom stereocenters. The number of rotatable bonds is 5. The minimum absolute atomic E-state index is 0.0640. The fourth-order valence-corrected chi connectivity index (χ4v) is 3.46. The summed E-state index contributed by atoms with van der Waals surface area (Å²) in [5.41, 5.74) is 1.40. The van der Waals surface area contributed by atoms with Crippen LogP contribution in [0.4, 0.5) is 10.1 Å². The number of anilines is 1. The standard InChI is InChI=1S/C21H15FN4O2S/c1-13(27)14-5-2-7-16(11-14)23-21(28)19-24-20(18-9-4-10-29-18)26(25-19)17-8-3-6-15(22)12-17/h2-12H,1H3,(H,23,28). The van der Waals surface area contributed by atoms with E-state index in [-0.39, 0.29) is 11.6 Å². The van der Waals surface area contributed by atoms with Crippen LogP contribution in [0.15, 0.2) is 66.0 Å². The zero-order valence-electron chi connectivity index (χ0n) is 15.3. The van der Waals surface area contributed by atoms with Gasteiger partial charge in [0, 0.05) is 11.3 Å². The Kier molecular flexibility index (Phi) is 5.01. The van der Waals surface area contributed by atoms with E-state index >= 15 is 0 Å². The molecule has 2 aromatic carbocycles. The Morgan fingerprint density at radius 1 is 1.07 bits per heavy atom. The Morgan fingerprint density at radius 2 is 1.90 bits per heavy atom. The number of carbonyl (C=O) groups excluding carboxylic acids is 2. The van der Waals surface area contributed by atoms with E-state index in [4.69, 9.17) is 0 Å². The number of aromatic nitrogens is 3. The van der Waals surface area contributed by atoms with Crippen LogP contribution in [0, 0.1) is 5.82 Å². The normalized spacial score (nSPS) is 10.7. The molecule has 1 amide bonds. The average Bonchev–Trinajstić information content (AvgIpc) is 3.38. The van der Waals surface area contributed by atoms with E-state index in [2.05, 4.69) is 15.4 Å². The van der Waals surface area contributed by atoms with Gasteiger partial charge in [-0.25, -0.2) is 14.1 Å². The minimum atomic E-state index is -0.529. The highest BCUT2D eigenvalue weighted by molar-refractivity contribution is 7.13. The van der Waals surface area contributed by atoms with Crippen LogP contribution in [0.5, 0.6) is 0 Å². The number of Topliss-reactive ketones (excluding diaryl/α,β-unsaturated/α-hetero) is 1. The van der Waals surface area contributed by atoms with Crippen molar-refractivity contribution < 1.29 is 14.0 Å². The molecule has 8 heteroatoms. The highest BCUT2D eigenvalue weighted by Crippen LogP contribution is 2.26. The van der Waals surface area contributed by atoms with E-state index in [0.717, 1.165) is 4.88 Å². The van der Waals surface area contributed by atoms with Gasteiger partial charge in [0.2, 0.25) is 5.82 Å². The van der Waals surface area contributed by atoms with Gasteiger partial charge >= 0.3 is 0 Å². The summed E-state index contributed by atoms with van der Waals surface area (Å²) in [6.07, 6.45) is 0. The fourth-order valence-electron chi connectivity index (χ4n) is 2.76.